The zero-order valence-corrected chi connectivity index (χ0v) is 12.8. The van der Waals surface area contributed by atoms with Gasteiger partial charge in [0.25, 0.3) is 0 Å². The van der Waals surface area contributed by atoms with E-state index < -0.39 is 0 Å². The maximum Gasteiger partial charge on any atom is 0.225 e. The summed E-state index contributed by atoms with van der Waals surface area (Å²) in [6.07, 6.45) is 8.38. The minimum Gasteiger partial charge on any atom is -0.396 e. The molecule has 1 amide bonds. The lowest BCUT2D eigenvalue weighted by atomic mass is 9.78. The van der Waals surface area contributed by atoms with Gasteiger partial charge in [0.2, 0.25) is 5.91 Å². The van der Waals surface area contributed by atoms with Crippen molar-refractivity contribution in [2.45, 2.75) is 70.4 Å². The molecule has 1 saturated carbocycles. The molecule has 1 aliphatic carbocycles. The van der Waals surface area contributed by atoms with Crippen LogP contribution in [0.5, 0.6) is 0 Å². The average Bonchev–Trinajstić information content (AvgIpc) is 2.91. The van der Waals surface area contributed by atoms with Crippen molar-refractivity contribution in [3.63, 3.8) is 0 Å². The van der Waals surface area contributed by atoms with Gasteiger partial charge in [-0.25, -0.2) is 0 Å². The minimum absolute atomic E-state index is 0.107. The highest BCUT2D eigenvalue weighted by Crippen LogP contribution is 2.32. The predicted octanol–water partition coefficient (Wildman–Crippen LogP) is 1.90. The molecule has 0 aromatic carbocycles. The Morgan fingerprint density at radius 1 is 1.35 bits per heavy atom. The van der Waals surface area contributed by atoms with Crippen LogP contribution >= 0.6 is 0 Å². The Morgan fingerprint density at radius 3 is 2.85 bits per heavy atom. The molecule has 2 aliphatic rings. The maximum atomic E-state index is 12.7. The minimum atomic E-state index is 0.107. The topological polar surface area (TPSA) is 66.6 Å². The number of hydrogen-bond acceptors (Lipinski definition) is 3. The summed E-state index contributed by atoms with van der Waals surface area (Å²) < 4.78 is 0. The molecule has 116 valence electrons. The molecule has 1 heterocycles. The van der Waals surface area contributed by atoms with Crippen molar-refractivity contribution in [1.82, 2.24) is 4.90 Å². The second kappa shape index (κ2) is 7.41. The van der Waals surface area contributed by atoms with Gasteiger partial charge < -0.3 is 15.7 Å². The summed E-state index contributed by atoms with van der Waals surface area (Å²) >= 11 is 0. The third-order valence-electron chi connectivity index (χ3n) is 5.21. The molecule has 0 aromatic heterocycles. The monoisotopic (exact) mass is 282 g/mol. The lowest BCUT2D eigenvalue weighted by molar-refractivity contribution is -0.138. The Bertz CT molecular complexity index is 322. The number of aliphatic hydroxyl groups excluding tert-OH is 1. The van der Waals surface area contributed by atoms with Crippen LogP contribution in [0.25, 0.3) is 0 Å². The second-order valence-electron chi connectivity index (χ2n) is 6.67. The molecule has 0 spiro atoms. The largest absolute Gasteiger partial charge is 0.396 e. The zero-order valence-electron chi connectivity index (χ0n) is 12.8. The standard InChI is InChI=1S/C16H30N2O2/c1-12(13-5-2-6-14(17)11-13)16(20)18-9-3-7-15(18)8-4-10-19/h12-15,19H,2-11,17H2,1H3. The molecule has 4 unspecified atom stereocenters. The Labute approximate surface area is 122 Å². The van der Waals surface area contributed by atoms with Crippen LogP contribution in [0, 0.1) is 11.8 Å². The Kier molecular flexibility index (Phi) is 5.85. The highest BCUT2D eigenvalue weighted by atomic mass is 16.3. The van der Waals surface area contributed by atoms with Crippen LogP contribution in [0.1, 0.15) is 58.3 Å². The highest BCUT2D eigenvalue weighted by Gasteiger charge is 2.35. The van der Waals surface area contributed by atoms with Gasteiger partial charge in [-0.15, -0.1) is 0 Å². The van der Waals surface area contributed by atoms with Crippen LogP contribution in [0.2, 0.25) is 0 Å². The third-order valence-corrected chi connectivity index (χ3v) is 5.21. The average molecular weight is 282 g/mol. The molecule has 0 radical (unpaired) electrons. The number of aliphatic hydroxyl groups is 1. The Hall–Kier alpha value is -0.610. The van der Waals surface area contributed by atoms with Gasteiger partial charge in [-0.05, 0) is 50.9 Å². The van der Waals surface area contributed by atoms with E-state index in [9.17, 15) is 4.79 Å². The number of hydrogen-bond donors (Lipinski definition) is 2. The fraction of sp³-hybridized carbons (Fsp3) is 0.938. The van der Waals surface area contributed by atoms with Crippen LogP contribution in [0.4, 0.5) is 0 Å². The SMILES string of the molecule is CC(C(=O)N1CCCC1CCCO)C1CCCC(N)C1. The first kappa shape index (κ1) is 15.8. The van der Waals surface area contributed by atoms with Gasteiger partial charge in [-0.1, -0.05) is 13.3 Å². The summed E-state index contributed by atoms with van der Waals surface area (Å²) in [4.78, 5) is 14.8. The molecule has 2 rings (SSSR count). The van der Waals surface area contributed by atoms with Crippen LogP contribution in [0.3, 0.4) is 0 Å². The number of likely N-dealkylation sites (tertiary alicyclic amines) is 1. The van der Waals surface area contributed by atoms with Crippen molar-refractivity contribution in [3.05, 3.63) is 0 Å². The number of carbonyl (C=O) groups excluding carboxylic acids is 1. The van der Waals surface area contributed by atoms with Crippen molar-refractivity contribution in [3.8, 4) is 0 Å². The predicted molar refractivity (Wildman–Crippen MR) is 80.2 cm³/mol. The number of carbonyl (C=O) groups is 1. The first-order valence-electron chi connectivity index (χ1n) is 8.30. The van der Waals surface area contributed by atoms with Crippen molar-refractivity contribution >= 4 is 5.91 Å². The fourth-order valence-corrected chi connectivity index (χ4v) is 3.94. The molecule has 0 aromatic rings. The van der Waals surface area contributed by atoms with Gasteiger partial charge in [-0.3, -0.25) is 4.79 Å². The molecule has 1 aliphatic heterocycles. The molecule has 3 N–H and O–H groups in total. The van der Waals surface area contributed by atoms with Crippen molar-refractivity contribution in [2.24, 2.45) is 17.6 Å². The molecule has 1 saturated heterocycles. The first-order valence-corrected chi connectivity index (χ1v) is 8.30. The van der Waals surface area contributed by atoms with Crippen molar-refractivity contribution < 1.29 is 9.90 Å². The number of amides is 1. The van der Waals surface area contributed by atoms with E-state index >= 15 is 0 Å². The van der Waals surface area contributed by atoms with E-state index in [1.165, 1.54) is 0 Å². The highest BCUT2D eigenvalue weighted by molar-refractivity contribution is 5.79. The third kappa shape index (κ3) is 3.73. The van der Waals surface area contributed by atoms with E-state index in [0.717, 1.165) is 57.9 Å². The van der Waals surface area contributed by atoms with E-state index in [1.807, 2.05) is 0 Å². The quantitative estimate of drug-likeness (QED) is 0.809. The van der Waals surface area contributed by atoms with Crippen LogP contribution in [-0.4, -0.2) is 41.1 Å². The lowest BCUT2D eigenvalue weighted by Gasteiger charge is -2.34. The second-order valence-corrected chi connectivity index (χ2v) is 6.67. The Morgan fingerprint density at radius 2 is 2.15 bits per heavy atom. The summed E-state index contributed by atoms with van der Waals surface area (Å²) in [5, 5.41) is 8.98. The number of rotatable bonds is 5. The van der Waals surface area contributed by atoms with Crippen molar-refractivity contribution in [1.29, 1.82) is 0 Å². The van der Waals surface area contributed by atoms with Gasteiger partial charge in [0, 0.05) is 31.2 Å². The Balaban J connectivity index is 1.91. The number of nitrogens with zero attached hydrogens (tertiary/aromatic N) is 1. The lowest BCUT2D eigenvalue weighted by Crippen LogP contribution is -2.43. The van der Waals surface area contributed by atoms with Gasteiger partial charge in [-0.2, -0.15) is 0 Å². The molecule has 2 fully saturated rings. The van der Waals surface area contributed by atoms with E-state index in [-0.39, 0.29) is 18.6 Å². The molecular formula is C16H30N2O2. The summed E-state index contributed by atoms with van der Waals surface area (Å²) in [6.45, 7) is 3.22. The summed E-state index contributed by atoms with van der Waals surface area (Å²) in [6, 6.07) is 0.641. The summed E-state index contributed by atoms with van der Waals surface area (Å²) in [5.41, 5.74) is 6.06. The van der Waals surface area contributed by atoms with E-state index in [2.05, 4.69) is 11.8 Å². The molecule has 0 bridgehead atoms. The smallest absolute Gasteiger partial charge is 0.225 e. The molecule has 4 heteroatoms. The maximum absolute atomic E-state index is 12.7. The molecule has 4 atom stereocenters. The van der Waals surface area contributed by atoms with Crippen LogP contribution < -0.4 is 5.73 Å². The molecule has 4 nitrogen and oxygen atoms in total. The van der Waals surface area contributed by atoms with Crippen molar-refractivity contribution in [2.75, 3.05) is 13.2 Å². The number of nitrogens with two attached hydrogens (primary N) is 1. The molecular weight excluding hydrogens is 252 g/mol. The van der Waals surface area contributed by atoms with Gasteiger partial charge in [0.15, 0.2) is 0 Å². The summed E-state index contributed by atoms with van der Waals surface area (Å²) in [7, 11) is 0. The van der Waals surface area contributed by atoms with Gasteiger partial charge in [0.05, 0.1) is 0 Å². The van der Waals surface area contributed by atoms with E-state index in [4.69, 9.17) is 10.8 Å². The van der Waals surface area contributed by atoms with E-state index in [0.29, 0.717) is 17.9 Å². The molecule has 20 heavy (non-hydrogen) atoms. The van der Waals surface area contributed by atoms with E-state index in [1.54, 1.807) is 0 Å². The fourth-order valence-electron chi connectivity index (χ4n) is 3.94. The normalized spacial score (nSPS) is 32.4. The van der Waals surface area contributed by atoms with Crippen LogP contribution in [0.15, 0.2) is 0 Å². The first-order chi connectivity index (χ1) is 9.63. The van der Waals surface area contributed by atoms with Gasteiger partial charge in [0.1, 0.15) is 0 Å². The zero-order chi connectivity index (χ0) is 14.5. The van der Waals surface area contributed by atoms with Crippen LogP contribution in [-0.2, 0) is 4.79 Å². The summed E-state index contributed by atoms with van der Waals surface area (Å²) in [5.74, 6) is 0.894. The van der Waals surface area contributed by atoms with Gasteiger partial charge >= 0.3 is 0 Å².